The van der Waals surface area contributed by atoms with Crippen LogP contribution in [0.25, 0.3) is 0 Å². The summed E-state index contributed by atoms with van der Waals surface area (Å²) in [4.78, 5) is 15.4. The van der Waals surface area contributed by atoms with Crippen molar-refractivity contribution in [3.63, 3.8) is 0 Å². The Kier molecular flexibility index (Phi) is 4.39. The predicted molar refractivity (Wildman–Crippen MR) is 71.7 cm³/mol. The van der Waals surface area contributed by atoms with Crippen LogP contribution in [0.3, 0.4) is 0 Å². The first-order valence-electron chi connectivity index (χ1n) is 6.38. The normalized spacial score (nSPS) is 23.3. The molecule has 1 N–H and O–H groups in total. The van der Waals surface area contributed by atoms with E-state index in [0.717, 1.165) is 5.56 Å². The van der Waals surface area contributed by atoms with E-state index in [0.29, 0.717) is 13.1 Å². The highest BCUT2D eigenvalue weighted by Crippen LogP contribution is 2.15. The molecule has 0 bridgehead atoms. The van der Waals surface area contributed by atoms with Crippen LogP contribution in [-0.2, 0) is 11.3 Å². The maximum Gasteiger partial charge on any atom is 0.410 e. The molecule has 0 unspecified atom stereocenters. The average Bonchev–Trinajstić information content (AvgIpc) is 2.75. The summed E-state index contributed by atoms with van der Waals surface area (Å²) in [6.45, 7) is 1.50. The quantitative estimate of drug-likeness (QED) is 0.882. The number of β-amino-alcohol motifs (C(OH)–C–C–N with tert-alkyl or cyclic N) is 1. The summed E-state index contributed by atoms with van der Waals surface area (Å²) in [7, 11) is 3.59. The molecule has 104 valence electrons. The van der Waals surface area contributed by atoms with Gasteiger partial charge in [-0.25, -0.2) is 4.79 Å². The molecule has 0 aliphatic carbocycles. The molecule has 2 rings (SSSR count). The lowest BCUT2D eigenvalue weighted by atomic mass is 10.2. The molecule has 1 heterocycles. The second-order valence-electron chi connectivity index (χ2n) is 5.01. The van der Waals surface area contributed by atoms with Gasteiger partial charge in [0.15, 0.2) is 0 Å². The van der Waals surface area contributed by atoms with Crippen molar-refractivity contribution in [2.45, 2.75) is 18.8 Å². The lowest BCUT2D eigenvalue weighted by Gasteiger charge is -2.25. The summed E-state index contributed by atoms with van der Waals surface area (Å²) in [5.74, 6) is 0. The van der Waals surface area contributed by atoms with E-state index in [4.69, 9.17) is 4.74 Å². The van der Waals surface area contributed by atoms with Gasteiger partial charge in [-0.1, -0.05) is 30.3 Å². The molecule has 5 heteroatoms. The minimum atomic E-state index is -0.515. The number of aliphatic hydroxyl groups excluding tert-OH is 1. The zero-order valence-corrected chi connectivity index (χ0v) is 11.3. The van der Waals surface area contributed by atoms with Gasteiger partial charge in [-0.3, -0.25) is 0 Å². The third kappa shape index (κ3) is 3.45. The van der Waals surface area contributed by atoms with E-state index in [9.17, 15) is 9.90 Å². The second-order valence-corrected chi connectivity index (χ2v) is 5.01. The first-order valence-corrected chi connectivity index (χ1v) is 6.38. The van der Waals surface area contributed by atoms with Crippen molar-refractivity contribution in [2.75, 3.05) is 27.2 Å². The zero-order valence-electron chi connectivity index (χ0n) is 11.3. The van der Waals surface area contributed by atoms with Crippen molar-refractivity contribution < 1.29 is 14.6 Å². The van der Waals surface area contributed by atoms with E-state index in [1.807, 2.05) is 42.3 Å². The predicted octanol–water partition coefficient (Wildman–Crippen LogP) is 0.930. The number of ether oxygens (including phenoxy) is 1. The van der Waals surface area contributed by atoms with Crippen molar-refractivity contribution in [1.29, 1.82) is 0 Å². The van der Waals surface area contributed by atoms with Crippen molar-refractivity contribution >= 4 is 6.09 Å². The molecule has 2 atom stereocenters. The van der Waals surface area contributed by atoms with Crippen molar-refractivity contribution in [3.05, 3.63) is 35.9 Å². The number of likely N-dealkylation sites (N-methyl/N-ethyl adjacent to an activating group) is 2. The van der Waals surface area contributed by atoms with Crippen LogP contribution in [0.2, 0.25) is 0 Å². The highest BCUT2D eigenvalue weighted by molar-refractivity contribution is 5.67. The Morgan fingerprint density at radius 2 is 2.11 bits per heavy atom. The van der Waals surface area contributed by atoms with Crippen LogP contribution in [0, 0.1) is 0 Å². The van der Waals surface area contributed by atoms with E-state index >= 15 is 0 Å². The molecule has 0 saturated carbocycles. The van der Waals surface area contributed by atoms with Gasteiger partial charge in [0.05, 0.1) is 12.1 Å². The lowest BCUT2D eigenvalue weighted by Crippen LogP contribution is -2.44. The summed E-state index contributed by atoms with van der Waals surface area (Å²) in [6, 6.07) is 9.35. The monoisotopic (exact) mass is 264 g/mol. The molecule has 5 nitrogen and oxygen atoms in total. The van der Waals surface area contributed by atoms with Gasteiger partial charge < -0.3 is 19.6 Å². The maximum atomic E-state index is 11.9. The first kappa shape index (κ1) is 13.8. The Morgan fingerprint density at radius 1 is 1.42 bits per heavy atom. The summed E-state index contributed by atoms with van der Waals surface area (Å²) >= 11 is 0. The lowest BCUT2D eigenvalue weighted by molar-refractivity contribution is 0.0619. The third-order valence-corrected chi connectivity index (χ3v) is 3.43. The molecule has 1 amide bonds. The number of hydrogen-bond acceptors (Lipinski definition) is 4. The average molecular weight is 264 g/mol. The summed E-state index contributed by atoms with van der Waals surface area (Å²) in [5.41, 5.74) is 0.952. The highest BCUT2D eigenvalue weighted by atomic mass is 16.6. The van der Waals surface area contributed by atoms with Gasteiger partial charge >= 0.3 is 6.09 Å². The van der Waals surface area contributed by atoms with E-state index < -0.39 is 12.2 Å². The Labute approximate surface area is 113 Å². The van der Waals surface area contributed by atoms with Crippen LogP contribution in [0.15, 0.2) is 30.3 Å². The molecule has 19 heavy (non-hydrogen) atoms. The van der Waals surface area contributed by atoms with Gasteiger partial charge in [-0.15, -0.1) is 0 Å². The second kappa shape index (κ2) is 6.04. The number of aliphatic hydroxyl groups is 1. The Hall–Kier alpha value is -1.59. The topological polar surface area (TPSA) is 53.0 Å². The molecular formula is C14H20N2O3. The van der Waals surface area contributed by atoms with E-state index in [2.05, 4.69) is 0 Å². The van der Waals surface area contributed by atoms with Gasteiger partial charge in [0.2, 0.25) is 0 Å². The van der Waals surface area contributed by atoms with Crippen LogP contribution in [0.5, 0.6) is 0 Å². The van der Waals surface area contributed by atoms with Gasteiger partial charge in [-0.05, 0) is 12.6 Å². The summed E-state index contributed by atoms with van der Waals surface area (Å²) in [6.07, 6.45) is -0.914. The molecule has 1 aliphatic rings. The fraction of sp³-hybridized carbons (Fsp3) is 0.500. The first-order chi connectivity index (χ1) is 9.08. The number of rotatable bonds is 3. The smallest absolute Gasteiger partial charge is 0.410 e. The fourth-order valence-corrected chi connectivity index (χ4v) is 2.29. The standard InChI is InChI=1S/C14H20N2O3/c1-15-8-12(13(17)9-15)16(2)14(18)19-10-11-6-4-3-5-7-11/h3-7,12-13,17H,8-10H2,1-2H3/t12-,13-/m1/s1. The highest BCUT2D eigenvalue weighted by Gasteiger charge is 2.34. The molecule has 1 saturated heterocycles. The molecule has 1 fully saturated rings. The summed E-state index contributed by atoms with van der Waals surface area (Å²) < 4.78 is 5.24. The van der Waals surface area contributed by atoms with Gasteiger partial charge in [0.25, 0.3) is 0 Å². The number of carbonyl (C=O) groups excluding carboxylic acids is 1. The molecule has 0 radical (unpaired) electrons. The molecule has 1 aliphatic heterocycles. The van der Waals surface area contributed by atoms with E-state index in [1.54, 1.807) is 7.05 Å². The largest absolute Gasteiger partial charge is 0.445 e. The number of likely N-dealkylation sites (tertiary alicyclic amines) is 1. The summed E-state index contributed by atoms with van der Waals surface area (Å²) in [5, 5.41) is 9.87. The van der Waals surface area contributed by atoms with E-state index in [-0.39, 0.29) is 12.6 Å². The number of nitrogens with zero attached hydrogens (tertiary/aromatic N) is 2. The van der Waals surface area contributed by atoms with Crippen molar-refractivity contribution in [2.24, 2.45) is 0 Å². The Morgan fingerprint density at radius 3 is 2.68 bits per heavy atom. The number of hydrogen-bond donors (Lipinski definition) is 1. The molecule has 1 aromatic rings. The minimum Gasteiger partial charge on any atom is -0.445 e. The van der Waals surface area contributed by atoms with Crippen LogP contribution in [0.1, 0.15) is 5.56 Å². The van der Waals surface area contributed by atoms with Gasteiger partial charge in [0.1, 0.15) is 6.61 Å². The SMILES string of the molecule is CN1C[C@@H](O)[C@H](N(C)C(=O)OCc2ccccc2)C1. The van der Waals surface area contributed by atoms with Gasteiger partial charge in [0, 0.05) is 20.1 Å². The molecular weight excluding hydrogens is 244 g/mol. The van der Waals surface area contributed by atoms with Crippen LogP contribution in [0.4, 0.5) is 4.79 Å². The Balaban J connectivity index is 1.86. The molecule has 1 aromatic carbocycles. The zero-order chi connectivity index (χ0) is 13.8. The number of carbonyl (C=O) groups is 1. The fourth-order valence-electron chi connectivity index (χ4n) is 2.29. The maximum absolute atomic E-state index is 11.9. The molecule has 0 spiro atoms. The third-order valence-electron chi connectivity index (χ3n) is 3.43. The van der Waals surface area contributed by atoms with E-state index in [1.165, 1.54) is 4.90 Å². The number of benzene rings is 1. The van der Waals surface area contributed by atoms with Crippen LogP contribution in [-0.4, -0.2) is 60.3 Å². The van der Waals surface area contributed by atoms with Crippen LogP contribution < -0.4 is 0 Å². The minimum absolute atomic E-state index is 0.201. The van der Waals surface area contributed by atoms with Crippen molar-refractivity contribution in [3.8, 4) is 0 Å². The Bertz CT molecular complexity index is 424. The van der Waals surface area contributed by atoms with Gasteiger partial charge in [-0.2, -0.15) is 0 Å². The van der Waals surface area contributed by atoms with Crippen LogP contribution >= 0.6 is 0 Å². The number of amides is 1. The van der Waals surface area contributed by atoms with Crippen molar-refractivity contribution in [1.82, 2.24) is 9.80 Å². The molecule has 0 aromatic heterocycles.